The molecule has 0 aromatic heterocycles. The highest BCUT2D eigenvalue weighted by molar-refractivity contribution is 7.85. The SMILES string of the molecule is CCNC(CS(=O)c1ccc(C)cc1)c1ccccc1. The molecule has 0 fully saturated rings. The van der Waals surface area contributed by atoms with Crippen LogP contribution in [0.3, 0.4) is 0 Å². The highest BCUT2D eigenvalue weighted by atomic mass is 32.2. The summed E-state index contributed by atoms with van der Waals surface area (Å²) in [6, 6.07) is 18.3. The topological polar surface area (TPSA) is 29.1 Å². The molecule has 2 rings (SSSR count). The van der Waals surface area contributed by atoms with E-state index in [1.54, 1.807) is 0 Å². The van der Waals surface area contributed by atoms with Crippen LogP contribution in [-0.2, 0) is 10.8 Å². The third kappa shape index (κ3) is 4.02. The molecule has 3 heteroatoms. The molecule has 20 heavy (non-hydrogen) atoms. The van der Waals surface area contributed by atoms with Crippen molar-refractivity contribution in [1.82, 2.24) is 5.32 Å². The molecule has 2 unspecified atom stereocenters. The minimum atomic E-state index is -0.986. The lowest BCUT2D eigenvalue weighted by atomic mass is 10.1. The van der Waals surface area contributed by atoms with Gasteiger partial charge in [0.15, 0.2) is 0 Å². The summed E-state index contributed by atoms with van der Waals surface area (Å²) in [4.78, 5) is 0.898. The highest BCUT2D eigenvalue weighted by Crippen LogP contribution is 2.17. The first-order valence-corrected chi connectivity index (χ1v) is 8.26. The van der Waals surface area contributed by atoms with Crippen LogP contribution >= 0.6 is 0 Å². The van der Waals surface area contributed by atoms with Gasteiger partial charge in [0.2, 0.25) is 0 Å². The summed E-state index contributed by atoms with van der Waals surface area (Å²) >= 11 is 0. The molecule has 2 nitrogen and oxygen atoms in total. The van der Waals surface area contributed by atoms with E-state index in [9.17, 15) is 4.21 Å². The van der Waals surface area contributed by atoms with Crippen LogP contribution < -0.4 is 5.32 Å². The molecule has 0 saturated carbocycles. The zero-order valence-electron chi connectivity index (χ0n) is 12.0. The van der Waals surface area contributed by atoms with E-state index < -0.39 is 10.8 Å². The molecule has 2 aromatic carbocycles. The fourth-order valence-corrected chi connectivity index (χ4v) is 3.39. The van der Waals surface area contributed by atoms with Crippen molar-refractivity contribution in [2.24, 2.45) is 0 Å². The number of hydrogen-bond donors (Lipinski definition) is 1. The number of aryl methyl sites for hydroxylation is 1. The summed E-state index contributed by atoms with van der Waals surface area (Å²) in [6.45, 7) is 4.98. The maximum atomic E-state index is 12.5. The van der Waals surface area contributed by atoms with Gasteiger partial charge in [-0.1, -0.05) is 55.0 Å². The van der Waals surface area contributed by atoms with Crippen LogP contribution in [0.25, 0.3) is 0 Å². The lowest BCUT2D eigenvalue weighted by molar-refractivity contribution is 0.594. The Kier molecular flexibility index (Phi) is 5.50. The monoisotopic (exact) mass is 287 g/mol. The van der Waals surface area contributed by atoms with Crippen molar-refractivity contribution in [2.45, 2.75) is 24.8 Å². The summed E-state index contributed by atoms with van der Waals surface area (Å²) < 4.78 is 12.5. The Balaban J connectivity index is 2.12. The Morgan fingerprint density at radius 2 is 1.70 bits per heavy atom. The largest absolute Gasteiger partial charge is 0.309 e. The summed E-state index contributed by atoms with van der Waals surface area (Å²) in [5.74, 6) is 0.598. The zero-order valence-corrected chi connectivity index (χ0v) is 12.8. The second-order valence-corrected chi connectivity index (χ2v) is 6.34. The molecule has 0 radical (unpaired) electrons. The van der Waals surface area contributed by atoms with Gasteiger partial charge in [0, 0.05) is 16.7 Å². The fraction of sp³-hybridized carbons (Fsp3) is 0.294. The number of rotatable bonds is 6. The number of benzene rings is 2. The maximum absolute atomic E-state index is 12.5. The smallest absolute Gasteiger partial charge is 0.0548 e. The van der Waals surface area contributed by atoms with Crippen molar-refractivity contribution in [1.29, 1.82) is 0 Å². The van der Waals surface area contributed by atoms with Crippen molar-refractivity contribution in [2.75, 3.05) is 12.3 Å². The van der Waals surface area contributed by atoms with Gasteiger partial charge in [0.25, 0.3) is 0 Å². The minimum Gasteiger partial charge on any atom is -0.309 e. The van der Waals surface area contributed by atoms with Crippen LogP contribution in [0.2, 0.25) is 0 Å². The zero-order chi connectivity index (χ0) is 14.4. The van der Waals surface area contributed by atoms with Gasteiger partial charge in [-0.2, -0.15) is 0 Å². The van der Waals surface area contributed by atoms with Gasteiger partial charge >= 0.3 is 0 Å². The van der Waals surface area contributed by atoms with Crippen LogP contribution in [0.5, 0.6) is 0 Å². The van der Waals surface area contributed by atoms with Crippen LogP contribution in [0.15, 0.2) is 59.5 Å². The molecule has 0 spiro atoms. The first-order valence-electron chi connectivity index (χ1n) is 6.94. The predicted octanol–water partition coefficient (Wildman–Crippen LogP) is 3.45. The van der Waals surface area contributed by atoms with E-state index in [-0.39, 0.29) is 6.04 Å². The molecule has 106 valence electrons. The average Bonchev–Trinajstić information content (AvgIpc) is 2.48. The quantitative estimate of drug-likeness (QED) is 0.881. The van der Waals surface area contributed by atoms with E-state index >= 15 is 0 Å². The normalized spacial score (nSPS) is 13.9. The van der Waals surface area contributed by atoms with Crippen LogP contribution in [0.4, 0.5) is 0 Å². The fourth-order valence-electron chi connectivity index (χ4n) is 2.14. The minimum absolute atomic E-state index is 0.128. The molecule has 2 atom stereocenters. The van der Waals surface area contributed by atoms with Crippen LogP contribution in [0.1, 0.15) is 24.1 Å². The summed E-state index contributed by atoms with van der Waals surface area (Å²) in [6.07, 6.45) is 0. The molecule has 0 bridgehead atoms. The molecule has 0 amide bonds. The summed E-state index contributed by atoms with van der Waals surface area (Å²) in [7, 11) is -0.986. The van der Waals surface area contributed by atoms with Gasteiger partial charge in [-0.05, 0) is 31.2 Å². The Morgan fingerprint density at radius 3 is 2.30 bits per heavy atom. The first kappa shape index (κ1) is 14.9. The Labute approximate surface area is 123 Å². The molecule has 1 N–H and O–H groups in total. The van der Waals surface area contributed by atoms with Crippen molar-refractivity contribution < 1.29 is 4.21 Å². The van der Waals surface area contributed by atoms with E-state index in [4.69, 9.17) is 0 Å². The molecule has 0 aliphatic carbocycles. The van der Waals surface area contributed by atoms with Crippen molar-refractivity contribution in [3.63, 3.8) is 0 Å². The van der Waals surface area contributed by atoms with Crippen molar-refractivity contribution >= 4 is 10.8 Å². The van der Waals surface area contributed by atoms with E-state index in [2.05, 4.69) is 24.4 Å². The molecule has 0 heterocycles. The van der Waals surface area contributed by atoms with E-state index in [0.717, 1.165) is 11.4 Å². The highest BCUT2D eigenvalue weighted by Gasteiger charge is 2.14. The molecule has 0 saturated heterocycles. The summed E-state index contributed by atoms with van der Waals surface area (Å²) in [5, 5.41) is 3.42. The van der Waals surface area contributed by atoms with Gasteiger partial charge in [-0.25, -0.2) is 0 Å². The Bertz CT molecular complexity index is 551. The molecular formula is C17H21NOS. The van der Waals surface area contributed by atoms with E-state index in [0.29, 0.717) is 5.75 Å². The van der Waals surface area contributed by atoms with Crippen LogP contribution in [-0.4, -0.2) is 16.5 Å². The Morgan fingerprint density at radius 1 is 1.05 bits per heavy atom. The second-order valence-electron chi connectivity index (χ2n) is 4.85. The third-order valence-corrected chi connectivity index (χ3v) is 4.69. The number of hydrogen-bond acceptors (Lipinski definition) is 2. The second kappa shape index (κ2) is 7.36. The molecule has 0 aliphatic heterocycles. The van der Waals surface area contributed by atoms with E-state index in [1.807, 2.05) is 49.4 Å². The maximum Gasteiger partial charge on any atom is 0.0548 e. The number of nitrogens with one attached hydrogen (secondary N) is 1. The van der Waals surface area contributed by atoms with Crippen molar-refractivity contribution in [3.05, 3.63) is 65.7 Å². The standard InChI is InChI=1S/C17H21NOS/c1-3-18-17(15-7-5-4-6-8-15)13-20(19)16-11-9-14(2)10-12-16/h4-12,17-18H,3,13H2,1-2H3. The lowest BCUT2D eigenvalue weighted by Crippen LogP contribution is -2.26. The lowest BCUT2D eigenvalue weighted by Gasteiger charge is -2.18. The van der Waals surface area contributed by atoms with Gasteiger partial charge in [0.05, 0.1) is 10.8 Å². The molecule has 2 aromatic rings. The van der Waals surface area contributed by atoms with Gasteiger partial charge in [0.1, 0.15) is 0 Å². The Hall–Kier alpha value is -1.45. The molecule has 0 aliphatic rings. The van der Waals surface area contributed by atoms with Gasteiger partial charge in [-0.3, -0.25) is 4.21 Å². The van der Waals surface area contributed by atoms with Crippen LogP contribution in [0, 0.1) is 6.92 Å². The third-order valence-electron chi connectivity index (χ3n) is 3.25. The first-order chi connectivity index (χ1) is 9.70. The van der Waals surface area contributed by atoms with E-state index in [1.165, 1.54) is 11.1 Å². The average molecular weight is 287 g/mol. The van der Waals surface area contributed by atoms with Crippen molar-refractivity contribution in [3.8, 4) is 0 Å². The van der Waals surface area contributed by atoms with Gasteiger partial charge in [-0.15, -0.1) is 0 Å². The predicted molar refractivity (Wildman–Crippen MR) is 85.3 cm³/mol. The van der Waals surface area contributed by atoms with Gasteiger partial charge < -0.3 is 5.32 Å². The summed E-state index contributed by atoms with van der Waals surface area (Å²) in [5.41, 5.74) is 2.38. The molecular weight excluding hydrogens is 266 g/mol.